The van der Waals surface area contributed by atoms with Crippen LogP contribution in [0.3, 0.4) is 0 Å². The van der Waals surface area contributed by atoms with Crippen LogP contribution in [0, 0.1) is 6.92 Å². The summed E-state index contributed by atoms with van der Waals surface area (Å²) in [5.41, 5.74) is 0. The highest BCUT2D eigenvalue weighted by Crippen LogP contribution is 2.10. The van der Waals surface area contributed by atoms with Crippen molar-refractivity contribution in [2.75, 3.05) is 6.54 Å². The second-order valence-electron chi connectivity index (χ2n) is 4.10. The van der Waals surface area contributed by atoms with Gasteiger partial charge in [0.15, 0.2) is 5.03 Å². The highest BCUT2D eigenvalue weighted by Gasteiger charge is 2.18. The Balaban J connectivity index is 2.68. The molecular formula is C11H20ClN3O2S. The average molecular weight is 294 g/mol. The minimum absolute atomic E-state index is 0.00244. The number of aromatic nitrogens is 2. The topological polar surface area (TPSA) is 64.0 Å². The Labute approximate surface area is 114 Å². The molecule has 1 aromatic heterocycles. The Morgan fingerprint density at radius 1 is 1.50 bits per heavy atom. The zero-order valence-electron chi connectivity index (χ0n) is 11.0. The van der Waals surface area contributed by atoms with Crippen LogP contribution in [-0.2, 0) is 16.6 Å². The van der Waals surface area contributed by atoms with Gasteiger partial charge in [-0.2, -0.15) is 0 Å². The van der Waals surface area contributed by atoms with Gasteiger partial charge in [0.2, 0.25) is 0 Å². The van der Waals surface area contributed by atoms with Crippen molar-refractivity contribution in [2.45, 2.75) is 50.6 Å². The second-order valence-corrected chi connectivity index (χ2v) is 6.44. The van der Waals surface area contributed by atoms with Crippen LogP contribution >= 0.6 is 11.6 Å². The van der Waals surface area contributed by atoms with Crippen LogP contribution in [0.5, 0.6) is 0 Å². The minimum Gasteiger partial charge on any atom is -0.334 e. The van der Waals surface area contributed by atoms with Crippen molar-refractivity contribution in [2.24, 2.45) is 0 Å². The number of halogens is 1. The fourth-order valence-electron chi connectivity index (χ4n) is 1.56. The van der Waals surface area contributed by atoms with E-state index in [4.69, 9.17) is 11.6 Å². The van der Waals surface area contributed by atoms with Crippen molar-refractivity contribution in [3.63, 3.8) is 0 Å². The summed E-state index contributed by atoms with van der Waals surface area (Å²) < 4.78 is 28.2. The summed E-state index contributed by atoms with van der Waals surface area (Å²) in [4.78, 5) is 4.05. The maximum atomic E-state index is 12.0. The number of aryl methyl sites for hydroxylation is 2. The number of imidazole rings is 1. The van der Waals surface area contributed by atoms with Gasteiger partial charge in [0.1, 0.15) is 5.82 Å². The zero-order chi connectivity index (χ0) is 13.8. The summed E-state index contributed by atoms with van der Waals surface area (Å²) in [7, 11) is -3.52. The molecule has 1 unspecified atom stereocenters. The lowest BCUT2D eigenvalue weighted by molar-refractivity contribution is 0.573. The van der Waals surface area contributed by atoms with Crippen LogP contribution < -0.4 is 4.72 Å². The van der Waals surface area contributed by atoms with Crippen molar-refractivity contribution in [3.8, 4) is 0 Å². The number of hydrogen-bond donors (Lipinski definition) is 1. The first-order chi connectivity index (χ1) is 8.40. The first kappa shape index (κ1) is 15.5. The molecule has 5 nitrogen and oxygen atoms in total. The highest BCUT2D eigenvalue weighted by atomic mass is 35.5. The molecule has 0 aliphatic rings. The van der Waals surface area contributed by atoms with E-state index in [9.17, 15) is 8.42 Å². The number of nitrogens with zero attached hydrogens (tertiary/aromatic N) is 2. The van der Waals surface area contributed by atoms with Gasteiger partial charge in [-0.1, -0.05) is 6.92 Å². The summed E-state index contributed by atoms with van der Waals surface area (Å²) in [6.45, 7) is 6.74. The van der Waals surface area contributed by atoms with Crippen molar-refractivity contribution in [1.29, 1.82) is 0 Å². The fraction of sp³-hybridized carbons (Fsp3) is 0.727. The Morgan fingerprint density at radius 3 is 2.67 bits per heavy atom. The molecule has 104 valence electrons. The fourth-order valence-corrected chi connectivity index (χ4v) is 2.72. The van der Waals surface area contributed by atoms with Gasteiger partial charge >= 0.3 is 0 Å². The Bertz CT molecular complexity index is 484. The summed E-state index contributed by atoms with van der Waals surface area (Å²) >= 11 is 5.94. The molecule has 18 heavy (non-hydrogen) atoms. The Morgan fingerprint density at radius 2 is 2.17 bits per heavy atom. The molecule has 0 saturated heterocycles. The molecule has 0 aromatic carbocycles. The molecule has 0 fully saturated rings. The van der Waals surface area contributed by atoms with Crippen molar-refractivity contribution in [1.82, 2.24) is 14.3 Å². The van der Waals surface area contributed by atoms with Crippen LogP contribution in [-0.4, -0.2) is 29.9 Å². The number of alkyl halides is 1. The van der Waals surface area contributed by atoms with E-state index in [2.05, 4.69) is 9.71 Å². The van der Waals surface area contributed by atoms with Gasteiger partial charge in [-0.25, -0.2) is 18.1 Å². The summed E-state index contributed by atoms with van der Waals surface area (Å²) in [5.74, 6) is 0.696. The molecular weight excluding hydrogens is 274 g/mol. The third-order valence-electron chi connectivity index (χ3n) is 2.76. The van der Waals surface area contributed by atoms with Gasteiger partial charge in [0.05, 0.1) is 0 Å². The molecule has 0 spiro atoms. The molecule has 1 heterocycles. The summed E-state index contributed by atoms with van der Waals surface area (Å²) in [5, 5.41) is 0.0760. The van der Waals surface area contributed by atoms with Crippen LogP contribution in [0.2, 0.25) is 0 Å². The predicted octanol–water partition coefficient (Wildman–Crippen LogP) is 1.90. The van der Waals surface area contributed by atoms with Gasteiger partial charge in [-0.3, -0.25) is 0 Å². The number of sulfonamides is 1. The SMILES string of the molecule is CCC(Cl)CCNS(=O)(=O)c1cn(CC)c(C)n1. The van der Waals surface area contributed by atoms with Crippen LogP contribution in [0.25, 0.3) is 0 Å². The largest absolute Gasteiger partial charge is 0.334 e. The maximum absolute atomic E-state index is 12.0. The predicted molar refractivity (Wildman–Crippen MR) is 72.4 cm³/mol. The summed E-state index contributed by atoms with van der Waals surface area (Å²) in [6.07, 6.45) is 2.99. The van der Waals surface area contributed by atoms with E-state index in [0.717, 1.165) is 6.42 Å². The smallest absolute Gasteiger partial charge is 0.259 e. The monoisotopic (exact) mass is 293 g/mol. The number of rotatable bonds is 7. The minimum atomic E-state index is -3.52. The lowest BCUT2D eigenvalue weighted by Gasteiger charge is -2.07. The van der Waals surface area contributed by atoms with E-state index in [0.29, 0.717) is 25.3 Å². The average Bonchev–Trinajstić information content (AvgIpc) is 2.70. The Kier molecular flexibility index (Phi) is 5.62. The second kappa shape index (κ2) is 6.54. The molecule has 1 atom stereocenters. The van der Waals surface area contributed by atoms with E-state index < -0.39 is 10.0 Å². The number of nitrogens with one attached hydrogen (secondary N) is 1. The van der Waals surface area contributed by atoms with Gasteiger partial charge in [-0.05, 0) is 26.7 Å². The van der Waals surface area contributed by atoms with Crippen molar-refractivity contribution < 1.29 is 8.42 Å². The van der Waals surface area contributed by atoms with E-state index in [1.165, 1.54) is 0 Å². The van der Waals surface area contributed by atoms with Crippen LogP contribution in [0.4, 0.5) is 0 Å². The van der Waals surface area contributed by atoms with Crippen LogP contribution in [0.1, 0.15) is 32.5 Å². The normalized spacial score (nSPS) is 13.8. The lowest BCUT2D eigenvalue weighted by Crippen LogP contribution is -2.26. The first-order valence-corrected chi connectivity index (χ1v) is 8.00. The van der Waals surface area contributed by atoms with E-state index in [1.54, 1.807) is 17.7 Å². The molecule has 1 aromatic rings. The van der Waals surface area contributed by atoms with Crippen molar-refractivity contribution >= 4 is 21.6 Å². The van der Waals surface area contributed by atoms with E-state index in [-0.39, 0.29) is 10.4 Å². The number of hydrogen-bond acceptors (Lipinski definition) is 3. The zero-order valence-corrected chi connectivity index (χ0v) is 12.6. The molecule has 1 rings (SSSR count). The van der Waals surface area contributed by atoms with E-state index >= 15 is 0 Å². The van der Waals surface area contributed by atoms with Crippen LogP contribution in [0.15, 0.2) is 11.2 Å². The molecule has 7 heteroatoms. The van der Waals surface area contributed by atoms with Gasteiger partial charge in [0.25, 0.3) is 10.0 Å². The molecule has 0 aliphatic carbocycles. The molecule has 0 saturated carbocycles. The lowest BCUT2D eigenvalue weighted by atomic mass is 10.2. The molecule has 0 aliphatic heterocycles. The third kappa shape index (κ3) is 3.96. The molecule has 1 N–H and O–H groups in total. The summed E-state index contributed by atoms with van der Waals surface area (Å²) in [6, 6.07) is 0. The van der Waals surface area contributed by atoms with Gasteiger partial charge < -0.3 is 4.57 Å². The van der Waals surface area contributed by atoms with E-state index in [1.807, 2.05) is 13.8 Å². The highest BCUT2D eigenvalue weighted by molar-refractivity contribution is 7.89. The standard InChI is InChI=1S/C11H20ClN3O2S/c1-4-10(12)6-7-13-18(16,17)11-8-15(5-2)9(3)14-11/h8,10,13H,4-7H2,1-3H3. The third-order valence-corrected chi connectivity index (χ3v) is 4.62. The quantitative estimate of drug-likeness (QED) is 0.781. The maximum Gasteiger partial charge on any atom is 0.259 e. The first-order valence-electron chi connectivity index (χ1n) is 6.08. The Hall–Kier alpha value is -0.590. The molecule has 0 amide bonds. The molecule has 0 bridgehead atoms. The molecule has 0 radical (unpaired) electrons. The van der Waals surface area contributed by atoms with Gasteiger partial charge in [-0.15, -0.1) is 11.6 Å². The van der Waals surface area contributed by atoms with Gasteiger partial charge in [0, 0.05) is 24.7 Å². The van der Waals surface area contributed by atoms with Crippen molar-refractivity contribution in [3.05, 3.63) is 12.0 Å².